The molecule has 2 aromatic carbocycles. The molecule has 1 aliphatic carbocycles. The van der Waals surface area contributed by atoms with Gasteiger partial charge in [-0.1, -0.05) is 23.8 Å². The number of nitrogens with one attached hydrogen (secondary N) is 2. The number of hydrogen-bond donors (Lipinski definition) is 2. The Bertz CT molecular complexity index is 2110. The summed E-state index contributed by atoms with van der Waals surface area (Å²) in [5, 5.41) is 16.3. The molecule has 1 fully saturated rings. The van der Waals surface area contributed by atoms with Gasteiger partial charge in [0.25, 0.3) is 15.9 Å². The predicted molar refractivity (Wildman–Crippen MR) is 170 cm³/mol. The smallest absolute Gasteiger partial charge is 0.270 e. The fourth-order valence-electron chi connectivity index (χ4n) is 5.90. The molecule has 5 aromatic rings. The number of pyridine rings is 2. The van der Waals surface area contributed by atoms with Crippen LogP contribution in [0.4, 0.5) is 14.6 Å². The number of nitriles is 1. The first kappa shape index (κ1) is 30.9. The summed E-state index contributed by atoms with van der Waals surface area (Å²) in [6.07, 6.45) is 5.46. The van der Waals surface area contributed by atoms with E-state index in [4.69, 9.17) is 0 Å². The highest BCUT2D eigenvalue weighted by Gasteiger charge is 2.28. The topological polar surface area (TPSA) is 130 Å². The molecule has 234 valence electrons. The zero-order valence-electron chi connectivity index (χ0n) is 25.1. The maximum Gasteiger partial charge on any atom is 0.270 e. The Morgan fingerprint density at radius 1 is 1.00 bits per heavy atom. The van der Waals surface area contributed by atoms with Crippen LogP contribution in [-0.2, 0) is 10.0 Å². The highest BCUT2D eigenvalue weighted by atomic mass is 32.2. The number of anilines is 1. The molecule has 3 heterocycles. The van der Waals surface area contributed by atoms with Crippen LogP contribution in [0.15, 0.2) is 78.0 Å². The Balaban J connectivity index is 1.37. The van der Waals surface area contributed by atoms with Crippen molar-refractivity contribution < 1.29 is 22.0 Å². The molecule has 1 aliphatic rings. The normalized spacial score (nSPS) is 16.6. The molecule has 2 N–H and O–H groups in total. The molecule has 0 spiro atoms. The van der Waals surface area contributed by atoms with Gasteiger partial charge in [-0.2, -0.15) is 5.26 Å². The molecule has 12 heteroatoms. The Morgan fingerprint density at radius 3 is 2.48 bits per heavy atom. The summed E-state index contributed by atoms with van der Waals surface area (Å²) in [6.45, 7) is 3.49. The van der Waals surface area contributed by atoms with Crippen LogP contribution in [0.5, 0.6) is 0 Å². The largest absolute Gasteiger partial charge is 0.365 e. The van der Waals surface area contributed by atoms with Gasteiger partial charge < -0.3 is 10.6 Å². The number of carbonyl (C=O) groups excluding carboxylic acids is 1. The van der Waals surface area contributed by atoms with Gasteiger partial charge in [0.2, 0.25) is 0 Å². The number of hydrogen-bond acceptors (Lipinski definition) is 7. The summed E-state index contributed by atoms with van der Waals surface area (Å²) in [5.74, 6) is -1.96. The summed E-state index contributed by atoms with van der Waals surface area (Å²) >= 11 is 0. The number of aromatic nitrogens is 3. The van der Waals surface area contributed by atoms with Crippen molar-refractivity contribution in [3.63, 3.8) is 0 Å². The number of amides is 1. The third-order valence-corrected chi connectivity index (χ3v) is 9.82. The summed E-state index contributed by atoms with van der Waals surface area (Å²) < 4.78 is 59.3. The molecule has 3 aromatic heterocycles. The number of fused-ring (bicyclic) bond motifs is 1. The van der Waals surface area contributed by atoms with Gasteiger partial charge in [-0.25, -0.2) is 26.2 Å². The molecule has 1 saturated carbocycles. The van der Waals surface area contributed by atoms with E-state index in [0.717, 1.165) is 28.4 Å². The molecule has 6 rings (SSSR count). The summed E-state index contributed by atoms with van der Waals surface area (Å²) in [4.78, 5) is 21.2. The zero-order chi connectivity index (χ0) is 32.6. The van der Waals surface area contributed by atoms with E-state index in [1.807, 2.05) is 13.0 Å². The van der Waals surface area contributed by atoms with Gasteiger partial charge in [-0.3, -0.25) is 9.78 Å². The van der Waals surface area contributed by atoms with Crippen molar-refractivity contribution in [1.29, 1.82) is 5.26 Å². The molecule has 0 radical (unpaired) electrons. The Kier molecular flexibility index (Phi) is 8.27. The maximum atomic E-state index is 15.5. The van der Waals surface area contributed by atoms with Gasteiger partial charge >= 0.3 is 0 Å². The molecule has 9 nitrogen and oxygen atoms in total. The highest BCUT2D eigenvalue weighted by Crippen LogP contribution is 2.37. The van der Waals surface area contributed by atoms with Gasteiger partial charge in [-0.15, -0.1) is 0 Å². The van der Waals surface area contributed by atoms with Crippen LogP contribution in [-0.4, -0.2) is 40.3 Å². The van der Waals surface area contributed by atoms with E-state index in [0.29, 0.717) is 24.1 Å². The molecule has 0 saturated heterocycles. The predicted octanol–water partition coefficient (Wildman–Crippen LogP) is 6.26. The minimum absolute atomic E-state index is 0.00932. The Hall–Kier alpha value is -5.15. The lowest BCUT2D eigenvalue weighted by Gasteiger charge is -2.30. The van der Waals surface area contributed by atoms with Crippen LogP contribution in [0.25, 0.3) is 22.2 Å². The second kappa shape index (κ2) is 12.3. The molecule has 46 heavy (non-hydrogen) atoms. The second-order valence-corrected chi connectivity index (χ2v) is 13.3. The third-order valence-electron chi connectivity index (χ3n) is 8.14. The van der Waals surface area contributed by atoms with E-state index in [1.165, 1.54) is 24.4 Å². The van der Waals surface area contributed by atoms with Crippen LogP contribution in [0.3, 0.4) is 0 Å². The van der Waals surface area contributed by atoms with Gasteiger partial charge in [0.05, 0.1) is 16.2 Å². The van der Waals surface area contributed by atoms with E-state index in [1.54, 1.807) is 49.5 Å². The van der Waals surface area contributed by atoms with Crippen LogP contribution >= 0.6 is 0 Å². The van der Waals surface area contributed by atoms with Gasteiger partial charge in [0, 0.05) is 35.4 Å². The molecule has 1 amide bonds. The van der Waals surface area contributed by atoms with Crippen molar-refractivity contribution in [3.8, 4) is 17.3 Å². The van der Waals surface area contributed by atoms with E-state index in [9.17, 15) is 18.5 Å². The molecule has 0 aliphatic heterocycles. The number of benzene rings is 2. The lowest BCUT2D eigenvalue weighted by molar-refractivity contribution is 0.0921. The summed E-state index contributed by atoms with van der Waals surface area (Å²) in [5.41, 5.74) is 1.51. The quantitative estimate of drug-likeness (QED) is 0.215. The molecule has 0 unspecified atom stereocenters. The van der Waals surface area contributed by atoms with Crippen LogP contribution < -0.4 is 10.6 Å². The van der Waals surface area contributed by atoms with Crippen LogP contribution in [0.1, 0.15) is 52.9 Å². The number of nitrogens with zero attached hydrogens (tertiary/aromatic N) is 4. The first-order valence-corrected chi connectivity index (χ1v) is 16.2. The first-order valence-electron chi connectivity index (χ1n) is 14.8. The lowest BCUT2D eigenvalue weighted by atomic mass is 9.90. The van der Waals surface area contributed by atoms with Crippen molar-refractivity contribution in [2.45, 2.75) is 56.5 Å². The van der Waals surface area contributed by atoms with Crippen molar-refractivity contribution in [3.05, 3.63) is 107 Å². The average molecular weight is 641 g/mol. The SMILES string of the molecule is Cc1ccc(S(=O)(=O)n2cc(-c3nc(N[C@H]4CCC[C@@H](NC(=O)c5ccccn5)C4)c(F)cc3C#N)c3cc(C)cc(F)c32)cc1. The minimum Gasteiger partial charge on any atom is -0.365 e. The van der Waals surface area contributed by atoms with E-state index in [-0.39, 0.29) is 56.4 Å². The molecular formula is C34H30F2N6O3S. The third kappa shape index (κ3) is 5.93. The fraction of sp³-hybridized carbons (Fsp3) is 0.235. The minimum atomic E-state index is -4.26. The summed E-state index contributed by atoms with van der Waals surface area (Å²) in [6, 6.07) is 16.7. The zero-order valence-corrected chi connectivity index (χ0v) is 25.9. The van der Waals surface area contributed by atoms with Crippen LogP contribution in [0, 0.1) is 36.8 Å². The molecule has 2 atom stereocenters. The van der Waals surface area contributed by atoms with Crippen molar-refractivity contribution >= 4 is 32.7 Å². The number of aryl methyl sites for hydroxylation is 2. The Labute approximate surface area is 265 Å². The van der Waals surface area contributed by atoms with E-state index in [2.05, 4.69) is 20.6 Å². The highest BCUT2D eigenvalue weighted by molar-refractivity contribution is 7.90. The van der Waals surface area contributed by atoms with E-state index >= 15 is 8.78 Å². The Morgan fingerprint density at radius 2 is 1.76 bits per heavy atom. The lowest BCUT2D eigenvalue weighted by Crippen LogP contribution is -2.42. The van der Waals surface area contributed by atoms with Crippen LogP contribution in [0.2, 0.25) is 0 Å². The van der Waals surface area contributed by atoms with Gasteiger partial charge in [0.15, 0.2) is 11.6 Å². The molecular weight excluding hydrogens is 610 g/mol. The number of rotatable bonds is 7. The second-order valence-electron chi connectivity index (χ2n) is 11.5. The van der Waals surface area contributed by atoms with Crippen molar-refractivity contribution in [2.75, 3.05) is 5.32 Å². The average Bonchev–Trinajstić information content (AvgIpc) is 3.43. The fourth-order valence-corrected chi connectivity index (χ4v) is 7.28. The van der Waals surface area contributed by atoms with E-state index < -0.39 is 21.7 Å². The van der Waals surface area contributed by atoms with Gasteiger partial charge in [0.1, 0.15) is 23.1 Å². The monoisotopic (exact) mass is 640 g/mol. The first-order chi connectivity index (χ1) is 22.0. The standard InChI is InChI=1S/C34H30F2N6O3S/c1-20-9-11-25(12-10-20)46(44,45)42-19-27(26-14-21(2)15-28(35)32(26)42)31-22(18-37)16-29(36)33(41-31)39-23-6-5-7-24(17-23)40-34(43)30-8-3-4-13-38-30/h3-4,8-16,19,23-24H,5-7,17H2,1-2H3,(H,39,41)(H,40,43)/t23-,24+/m0/s1. The maximum absolute atomic E-state index is 15.5. The number of carbonyl (C=O) groups is 1. The summed E-state index contributed by atoms with van der Waals surface area (Å²) in [7, 11) is -4.26. The molecule has 0 bridgehead atoms. The number of halogens is 2. The van der Waals surface area contributed by atoms with Crippen molar-refractivity contribution in [2.24, 2.45) is 0 Å². The van der Waals surface area contributed by atoms with Crippen molar-refractivity contribution in [1.82, 2.24) is 19.3 Å². The van der Waals surface area contributed by atoms with Gasteiger partial charge in [-0.05, 0) is 87.6 Å².